The second kappa shape index (κ2) is 8.74. The monoisotopic (exact) mass is 582 g/mol. The summed E-state index contributed by atoms with van der Waals surface area (Å²) >= 11 is 0. The molecule has 10 aromatic rings. The lowest BCUT2D eigenvalue weighted by Crippen LogP contribution is -2.00. The Morgan fingerprint density at radius 3 is 0.913 bits per heavy atom. The van der Waals surface area contributed by atoms with Crippen molar-refractivity contribution < 1.29 is 0 Å². The quantitative estimate of drug-likeness (QED) is 0.192. The van der Waals surface area contributed by atoms with E-state index in [1.165, 1.54) is 98.8 Å². The first kappa shape index (κ1) is 24.2. The summed E-state index contributed by atoms with van der Waals surface area (Å²) in [4.78, 5) is 0. The zero-order chi connectivity index (χ0) is 29.9. The Hall–Kier alpha value is -6.12. The summed E-state index contributed by atoms with van der Waals surface area (Å²) in [6, 6.07) is 58.2. The molecule has 2 heterocycles. The van der Waals surface area contributed by atoms with Crippen LogP contribution in [0.1, 0.15) is 0 Å². The number of aromatic nitrogens is 2. The van der Waals surface area contributed by atoms with Crippen molar-refractivity contribution in [3.63, 3.8) is 0 Å². The molecule has 0 spiro atoms. The van der Waals surface area contributed by atoms with Crippen LogP contribution >= 0.6 is 0 Å². The molecule has 0 atom stereocenters. The van der Waals surface area contributed by atoms with Crippen molar-refractivity contribution in [2.45, 2.75) is 0 Å². The van der Waals surface area contributed by atoms with Gasteiger partial charge in [0.05, 0.1) is 22.1 Å². The van der Waals surface area contributed by atoms with Crippen LogP contribution in [-0.4, -0.2) is 9.13 Å². The fourth-order valence-corrected chi connectivity index (χ4v) is 8.08. The molecule has 212 valence electrons. The van der Waals surface area contributed by atoms with Gasteiger partial charge in [-0.15, -0.1) is 0 Å². The number of fused-ring (bicyclic) bond motifs is 12. The maximum atomic E-state index is 2.40. The summed E-state index contributed by atoms with van der Waals surface area (Å²) in [5, 5.41) is 10.2. The highest BCUT2D eigenvalue weighted by molar-refractivity contribution is 6.14. The number of para-hydroxylation sites is 4. The highest BCUT2D eigenvalue weighted by Gasteiger charge is 2.24. The van der Waals surface area contributed by atoms with Crippen LogP contribution in [0.5, 0.6) is 0 Å². The molecule has 1 aliphatic carbocycles. The summed E-state index contributed by atoms with van der Waals surface area (Å²) in [7, 11) is 0. The molecule has 0 aliphatic heterocycles. The third kappa shape index (κ3) is 3.15. The molecule has 0 N–H and O–H groups in total. The molecule has 46 heavy (non-hydrogen) atoms. The van der Waals surface area contributed by atoms with Gasteiger partial charge in [-0.3, -0.25) is 0 Å². The highest BCUT2D eigenvalue weighted by Crippen LogP contribution is 2.50. The summed E-state index contributed by atoms with van der Waals surface area (Å²) in [5.41, 5.74) is 12.7. The van der Waals surface area contributed by atoms with Gasteiger partial charge in [0, 0.05) is 32.9 Å². The molecule has 11 rings (SSSR count). The maximum absolute atomic E-state index is 2.40. The number of hydrogen-bond donors (Lipinski definition) is 0. The molecule has 8 aromatic carbocycles. The Morgan fingerprint density at radius 1 is 0.261 bits per heavy atom. The lowest BCUT2D eigenvalue weighted by Gasteiger charge is -2.26. The smallest absolute Gasteiger partial charge is 0.0541 e. The van der Waals surface area contributed by atoms with Gasteiger partial charge in [-0.25, -0.2) is 0 Å². The fourth-order valence-electron chi connectivity index (χ4n) is 8.08. The van der Waals surface area contributed by atoms with E-state index in [-0.39, 0.29) is 0 Å². The van der Waals surface area contributed by atoms with Crippen molar-refractivity contribution in [2.75, 3.05) is 0 Å². The fraction of sp³-hybridized carbons (Fsp3) is 0. The largest absolute Gasteiger partial charge is 0.309 e. The molecule has 0 saturated heterocycles. The van der Waals surface area contributed by atoms with Crippen LogP contribution in [0.4, 0.5) is 0 Å². The van der Waals surface area contributed by atoms with E-state index in [4.69, 9.17) is 0 Å². The van der Waals surface area contributed by atoms with Crippen LogP contribution in [0.25, 0.3) is 98.8 Å². The number of hydrogen-bond acceptors (Lipinski definition) is 0. The lowest BCUT2D eigenvalue weighted by atomic mass is 9.78. The van der Waals surface area contributed by atoms with Gasteiger partial charge in [-0.1, -0.05) is 84.9 Å². The van der Waals surface area contributed by atoms with Crippen molar-refractivity contribution in [1.29, 1.82) is 0 Å². The topological polar surface area (TPSA) is 9.86 Å². The van der Waals surface area contributed by atoms with Gasteiger partial charge in [-0.2, -0.15) is 0 Å². The van der Waals surface area contributed by atoms with E-state index in [1.807, 2.05) is 0 Å². The van der Waals surface area contributed by atoms with Crippen LogP contribution in [0.2, 0.25) is 0 Å². The van der Waals surface area contributed by atoms with Crippen molar-refractivity contribution in [2.24, 2.45) is 0 Å². The van der Waals surface area contributed by atoms with E-state index < -0.39 is 0 Å². The Labute approximate surface area is 265 Å². The molecule has 1 aliphatic rings. The summed E-state index contributed by atoms with van der Waals surface area (Å²) in [6.07, 6.45) is 0. The van der Waals surface area contributed by atoms with Gasteiger partial charge >= 0.3 is 0 Å². The molecule has 2 nitrogen and oxygen atoms in total. The van der Waals surface area contributed by atoms with Gasteiger partial charge in [0.1, 0.15) is 0 Å². The van der Waals surface area contributed by atoms with Crippen molar-refractivity contribution >= 4 is 65.2 Å². The van der Waals surface area contributed by atoms with Gasteiger partial charge < -0.3 is 9.13 Å². The van der Waals surface area contributed by atoms with E-state index >= 15 is 0 Å². The van der Waals surface area contributed by atoms with Gasteiger partial charge in [0.2, 0.25) is 0 Å². The molecular weight excluding hydrogens is 556 g/mol. The normalized spacial score (nSPS) is 12.3. The summed E-state index contributed by atoms with van der Waals surface area (Å²) in [5.74, 6) is 0. The minimum atomic E-state index is 1.19. The summed E-state index contributed by atoms with van der Waals surface area (Å²) in [6.45, 7) is 0. The Balaban J connectivity index is 1.06. The predicted molar refractivity (Wildman–Crippen MR) is 195 cm³/mol. The van der Waals surface area contributed by atoms with E-state index in [2.05, 4.69) is 167 Å². The molecule has 0 radical (unpaired) electrons. The standard InChI is InChI=1S/C44H26N2/c1-5-13-41-33(9-1)34-10-2-6-14-42(34)45(41)31-19-17-27-23-37-38-24-28-18-20-32(22-30(28)26-40(38)39(37)25-29(27)21-31)46-43-15-7-3-11-35(43)36-12-4-8-16-44(36)46/h1-26H. The van der Waals surface area contributed by atoms with E-state index in [1.54, 1.807) is 0 Å². The van der Waals surface area contributed by atoms with Crippen LogP contribution in [0.3, 0.4) is 0 Å². The second-order valence-corrected chi connectivity index (χ2v) is 12.6. The highest BCUT2D eigenvalue weighted by atomic mass is 15.0. The molecule has 2 heteroatoms. The second-order valence-electron chi connectivity index (χ2n) is 12.6. The molecule has 0 unspecified atom stereocenters. The molecule has 0 amide bonds. The van der Waals surface area contributed by atoms with E-state index in [0.29, 0.717) is 0 Å². The summed E-state index contributed by atoms with van der Waals surface area (Å²) < 4.78 is 4.81. The third-order valence-corrected chi connectivity index (χ3v) is 10.2. The third-order valence-electron chi connectivity index (χ3n) is 10.2. The molecular formula is C44H26N2. The maximum Gasteiger partial charge on any atom is 0.0541 e. The number of benzene rings is 8. The van der Waals surface area contributed by atoms with Gasteiger partial charge in [0.15, 0.2) is 0 Å². The predicted octanol–water partition coefficient (Wildman–Crippen LogP) is 11.8. The average Bonchev–Trinajstić information content (AvgIpc) is 3.63. The van der Waals surface area contributed by atoms with Gasteiger partial charge in [-0.05, 0) is 117 Å². The Bertz CT molecular complexity index is 2610. The molecule has 0 bridgehead atoms. The van der Waals surface area contributed by atoms with Crippen molar-refractivity contribution in [3.05, 3.63) is 158 Å². The average molecular weight is 583 g/mol. The van der Waals surface area contributed by atoms with Crippen LogP contribution in [-0.2, 0) is 0 Å². The van der Waals surface area contributed by atoms with Gasteiger partial charge in [0.25, 0.3) is 0 Å². The van der Waals surface area contributed by atoms with Crippen LogP contribution < -0.4 is 0 Å². The van der Waals surface area contributed by atoms with E-state index in [0.717, 1.165) is 0 Å². The minimum Gasteiger partial charge on any atom is -0.309 e. The minimum absolute atomic E-state index is 1.19. The first-order valence-corrected chi connectivity index (χ1v) is 15.9. The number of rotatable bonds is 2. The van der Waals surface area contributed by atoms with Crippen molar-refractivity contribution in [1.82, 2.24) is 9.13 Å². The SMILES string of the molecule is c1ccc2c(c1)c1ccccc1n2-c1ccc2cc3c(cc2c1)-c1cc2cc(-n4c5ccccc5c5ccccc54)ccc2cc1-3. The molecule has 0 saturated carbocycles. The van der Waals surface area contributed by atoms with E-state index in [9.17, 15) is 0 Å². The first-order chi connectivity index (χ1) is 22.8. The Morgan fingerprint density at radius 2 is 0.565 bits per heavy atom. The Kier molecular flexibility index (Phi) is 4.61. The van der Waals surface area contributed by atoms with Crippen LogP contribution in [0.15, 0.2) is 158 Å². The molecule has 0 fully saturated rings. The molecule has 2 aromatic heterocycles. The lowest BCUT2D eigenvalue weighted by molar-refractivity contribution is 1.19. The first-order valence-electron chi connectivity index (χ1n) is 15.9. The zero-order valence-corrected chi connectivity index (χ0v) is 24.9. The van der Waals surface area contributed by atoms with Crippen molar-refractivity contribution in [3.8, 4) is 33.6 Å². The number of nitrogens with zero attached hydrogens (tertiary/aromatic N) is 2. The zero-order valence-electron chi connectivity index (χ0n) is 24.9. The van der Waals surface area contributed by atoms with Crippen LogP contribution in [0, 0.1) is 0 Å².